The molecule has 0 unspecified atom stereocenters. The lowest BCUT2D eigenvalue weighted by atomic mass is 9.78. The molecule has 0 saturated heterocycles. The number of benzene rings is 2. The van der Waals surface area contributed by atoms with Crippen LogP contribution in [-0.4, -0.2) is 24.1 Å². The SMILES string of the molecule is CCCCCCCCCC(C)(C)c1cc(C(=O)NCc2ccc(C(=O)O)cc2)ccc1OC. The maximum Gasteiger partial charge on any atom is 0.335 e. The summed E-state index contributed by atoms with van der Waals surface area (Å²) in [6.07, 6.45) is 9.95. The molecule has 180 valence electrons. The van der Waals surface area contributed by atoms with E-state index in [0.717, 1.165) is 29.7 Å². The van der Waals surface area contributed by atoms with Crippen LogP contribution in [0.4, 0.5) is 0 Å². The van der Waals surface area contributed by atoms with Crippen LogP contribution in [0.1, 0.15) is 104 Å². The molecular formula is C28H39NO4. The Kier molecular flexibility index (Phi) is 10.4. The maximum atomic E-state index is 12.8. The van der Waals surface area contributed by atoms with Gasteiger partial charge in [0.15, 0.2) is 0 Å². The fourth-order valence-corrected chi connectivity index (χ4v) is 4.09. The number of nitrogens with one attached hydrogen (secondary N) is 1. The van der Waals surface area contributed by atoms with Gasteiger partial charge in [-0.05, 0) is 47.7 Å². The van der Waals surface area contributed by atoms with Crippen molar-refractivity contribution in [2.24, 2.45) is 0 Å². The Morgan fingerprint density at radius 1 is 0.909 bits per heavy atom. The van der Waals surface area contributed by atoms with Crippen LogP contribution >= 0.6 is 0 Å². The van der Waals surface area contributed by atoms with Gasteiger partial charge in [0.2, 0.25) is 0 Å². The number of rotatable bonds is 14. The van der Waals surface area contributed by atoms with Gasteiger partial charge in [0, 0.05) is 17.7 Å². The van der Waals surface area contributed by atoms with E-state index >= 15 is 0 Å². The van der Waals surface area contributed by atoms with E-state index in [0.29, 0.717) is 12.1 Å². The minimum Gasteiger partial charge on any atom is -0.496 e. The average Bonchev–Trinajstić information content (AvgIpc) is 2.81. The van der Waals surface area contributed by atoms with Gasteiger partial charge >= 0.3 is 5.97 Å². The molecule has 2 rings (SSSR count). The van der Waals surface area contributed by atoms with Crippen LogP contribution < -0.4 is 10.1 Å². The van der Waals surface area contributed by atoms with Crippen molar-refractivity contribution < 1.29 is 19.4 Å². The highest BCUT2D eigenvalue weighted by molar-refractivity contribution is 5.94. The summed E-state index contributed by atoms with van der Waals surface area (Å²) >= 11 is 0. The maximum absolute atomic E-state index is 12.8. The summed E-state index contributed by atoms with van der Waals surface area (Å²) in [5, 5.41) is 11.9. The number of hydrogen-bond acceptors (Lipinski definition) is 3. The van der Waals surface area contributed by atoms with Crippen molar-refractivity contribution >= 4 is 11.9 Å². The van der Waals surface area contributed by atoms with E-state index in [1.54, 1.807) is 37.4 Å². The summed E-state index contributed by atoms with van der Waals surface area (Å²) < 4.78 is 5.62. The van der Waals surface area contributed by atoms with Crippen molar-refractivity contribution in [2.45, 2.75) is 84.1 Å². The van der Waals surface area contributed by atoms with Gasteiger partial charge in [0.25, 0.3) is 5.91 Å². The number of ether oxygens (including phenoxy) is 1. The normalized spacial score (nSPS) is 11.3. The molecule has 0 fully saturated rings. The second-order valence-electron chi connectivity index (χ2n) is 9.36. The molecule has 0 spiro atoms. The van der Waals surface area contributed by atoms with Crippen LogP contribution in [0.3, 0.4) is 0 Å². The van der Waals surface area contributed by atoms with Crippen molar-refractivity contribution in [2.75, 3.05) is 7.11 Å². The summed E-state index contributed by atoms with van der Waals surface area (Å²) in [5.74, 6) is -0.313. The van der Waals surface area contributed by atoms with Crippen LogP contribution in [0.5, 0.6) is 5.75 Å². The lowest BCUT2D eigenvalue weighted by Gasteiger charge is -2.28. The predicted octanol–water partition coefficient (Wildman–Crippen LogP) is 6.74. The topological polar surface area (TPSA) is 75.6 Å². The second-order valence-corrected chi connectivity index (χ2v) is 9.36. The first-order valence-electron chi connectivity index (χ1n) is 12.1. The minimum atomic E-state index is -0.963. The van der Waals surface area contributed by atoms with E-state index in [1.807, 2.05) is 12.1 Å². The Morgan fingerprint density at radius 3 is 2.12 bits per heavy atom. The Labute approximate surface area is 198 Å². The van der Waals surface area contributed by atoms with Gasteiger partial charge in [-0.25, -0.2) is 4.79 Å². The van der Waals surface area contributed by atoms with Crippen molar-refractivity contribution in [3.05, 3.63) is 64.7 Å². The zero-order valence-corrected chi connectivity index (χ0v) is 20.6. The van der Waals surface area contributed by atoms with Gasteiger partial charge < -0.3 is 15.2 Å². The first-order valence-corrected chi connectivity index (χ1v) is 12.1. The number of aromatic carboxylic acids is 1. The highest BCUT2D eigenvalue weighted by Gasteiger charge is 2.25. The molecule has 5 heteroatoms. The number of carbonyl (C=O) groups is 2. The fraction of sp³-hybridized carbons (Fsp3) is 0.500. The molecule has 0 atom stereocenters. The van der Waals surface area contributed by atoms with E-state index in [2.05, 4.69) is 26.1 Å². The molecule has 0 aliphatic rings. The average molecular weight is 454 g/mol. The molecule has 1 amide bonds. The lowest BCUT2D eigenvalue weighted by Crippen LogP contribution is -2.24. The number of carboxylic acid groups (broad SMARTS) is 1. The second kappa shape index (κ2) is 13.0. The molecule has 0 bridgehead atoms. The van der Waals surface area contributed by atoms with E-state index in [4.69, 9.17) is 9.84 Å². The first-order chi connectivity index (χ1) is 15.8. The molecule has 5 nitrogen and oxygen atoms in total. The molecule has 2 aromatic rings. The molecular weight excluding hydrogens is 414 g/mol. The van der Waals surface area contributed by atoms with E-state index in [1.165, 1.54) is 38.5 Å². The highest BCUT2D eigenvalue weighted by Crippen LogP contribution is 2.36. The zero-order chi connectivity index (χ0) is 24.3. The third kappa shape index (κ3) is 8.23. The molecule has 0 aliphatic heterocycles. The Morgan fingerprint density at radius 2 is 1.52 bits per heavy atom. The van der Waals surface area contributed by atoms with Gasteiger partial charge in [-0.3, -0.25) is 4.79 Å². The lowest BCUT2D eigenvalue weighted by molar-refractivity contribution is 0.0696. The number of hydrogen-bond donors (Lipinski definition) is 2. The van der Waals surface area contributed by atoms with Crippen molar-refractivity contribution in [3.8, 4) is 5.75 Å². The Hall–Kier alpha value is -2.82. The molecule has 0 heterocycles. The molecule has 2 aromatic carbocycles. The molecule has 2 N–H and O–H groups in total. The predicted molar refractivity (Wildman–Crippen MR) is 133 cm³/mol. The van der Waals surface area contributed by atoms with E-state index < -0.39 is 5.97 Å². The third-order valence-electron chi connectivity index (χ3n) is 6.25. The smallest absolute Gasteiger partial charge is 0.335 e. The number of carbonyl (C=O) groups excluding carboxylic acids is 1. The summed E-state index contributed by atoms with van der Waals surface area (Å²) in [4.78, 5) is 23.8. The van der Waals surface area contributed by atoms with E-state index in [-0.39, 0.29) is 16.9 Å². The summed E-state index contributed by atoms with van der Waals surface area (Å²) in [7, 11) is 1.67. The summed E-state index contributed by atoms with van der Waals surface area (Å²) in [6.45, 7) is 7.01. The van der Waals surface area contributed by atoms with Crippen LogP contribution in [0, 0.1) is 0 Å². The van der Waals surface area contributed by atoms with Gasteiger partial charge in [0.05, 0.1) is 12.7 Å². The number of carboxylic acids is 1. The van der Waals surface area contributed by atoms with Gasteiger partial charge in [-0.15, -0.1) is 0 Å². The standard InChI is InChI=1S/C28H39NO4/c1-5-6-7-8-9-10-11-18-28(2,3)24-19-23(16-17-25(24)33-4)26(30)29-20-21-12-14-22(15-13-21)27(31)32/h12-17,19H,5-11,18,20H2,1-4H3,(H,29,30)(H,31,32). The van der Waals surface area contributed by atoms with Crippen LogP contribution in [0.25, 0.3) is 0 Å². The fourth-order valence-electron chi connectivity index (χ4n) is 4.09. The van der Waals surface area contributed by atoms with Crippen LogP contribution in [0.2, 0.25) is 0 Å². The molecule has 0 aliphatic carbocycles. The molecule has 0 radical (unpaired) electrons. The third-order valence-corrected chi connectivity index (χ3v) is 6.25. The monoisotopic (exact) mass is 453 g/mol. The first kappa shape index (κ1) is 26.4. The van der Waals surface area contributed by atoms with Gasteiger partial charge in [-0.1, -0.05) is 77.8 Å². The van der Waals surface area contributed by atoms with Crippen LogP contribution in [0.15, 0.2) is 42.5 Å². The van der Waals surface area contributed by atoms with E-state index in [9.17, 15) is 9.59 Å². The van der Waals surface area contributed by atoms with Gasteiger partial charge in [0.1, 0.15) is 5.75 Å². The zero-order valence-electron chi connectivity index (χ0n) is 20.6. The molecule has 33 heavy (non-hydrogen) atoms. The largest absolute Gasteiger partial charge is 0.496 e. The highest BCUT2D eigenvalue weighted by atomic mass is 16.5. The summed E-state index contributed by atoms with van der Waals surface area (Å²) in [6, 6.07) is 12.1. The van der Waals surface area contributed by atoms with Crippen molar-refractivity contribution in [1.29, 1.82) is 0 Å². The summed E-state index contributed by atoms with van der Waals surface area (Å²) in [5.41, 5.74) is 2.63. The van der Waals surface area contributed by atoms with Crippen LogP contribution in [-0.2, 0) is 12.0 Å². The van der Waals surface area contributed by atoms with Crippen molar-refractivity contribution in [3.63, 3.8) is 0 Å². The molecule has 0 aromatic heterocycles. The van der Waals surface area contributed by atoms with Crippen molar-refractivity contribution in [1.82, 2.24) is 5.32 Å². The molecule has 0 saturated carbocycles. The Balaban J connectivity index is 2.00. The Bertz CT molecular complexity index is 903. The quantitative estimate of drug-likeness (QED) is 0.311. The number of methoxy groups -OCH3 is 1. The minimum absolute atomic E-state index is 0.0995. The van der Waals surface area contributed by atoms with Gasteiger partial charge in [-0.2, -0.15) is 0 Å². The number of unbranched alkanes of at least 4 members (excludes halogenated alkanes) is 6. The number of amides is 1.